The van der Waals surface area contributed by atoms with Crippen molar-refractivity contribution in [3.63, 3.8) is 0 Å². The van der Waals surface area contributed by atoms with Gasteiger partial charge in [0.2, 0.25) is 0 Å². The van der Waals surface area contributed by atoms with Crippen LogP contribution in [0, 0.1) is 17.8 Å². The predicted octanol–water partition coefficient (Wildman–Crippen LogP) is 2.39. The molecule has 2 fully saturated rings. The monoisotopic (exact) mass is 366 g/mol. The molecule has 2 aliphatic heterocycles. The highest BCUT2D eigenvalue weighted by Crippen LogP contribution is 2.27. The second-order valence-corrected chi connectivity index (χ2v) is 7.89. The molecule has 4 rings (SSSR count). The SMILES string of the molecule is CCC1NCCCC1n1c(=O)n(C)c2cc(C#CC3CCNCC3)ccc21. The summed E-state index contributed by atoms with van der Waals surface area (Å²) in [5, 5.41) is 6.97. The molecule has 27 heavy (non-hydrogen) atoms. The molecule has 2 atom stereocenters. The summed E-state index contributed by atoms with van der Waals surface area (Å²) in [6.07, 6.45) is 5.45. The maximum absolute atomic E-state index is 13.0. The first-order chi connectivity index (χ1) is 13.2. The quantitative estimate of drug-likeness (QED) is 0.803. The summed E-state index contributed by atoms with van der Waals surface area (Å²) in [5.74, 6) is 7.26. The number of aryl methyl sites for hydroxylation is 1. The highest BCUT2D eigenvalue weighted by molar-refractivity contribution is 5.78. The van der Waals surface area contributed by atoms with Crippen molar-refractivity contribution in [2.24, 2.45) is 13.0 Å². The minimum Gasteiger partial charge on any atom is -0.317 e. The third-order valence-electron chi connectivity index (χ3n) is 6.17. The lowest BCUT2D eigenvalue weighted by molar-refractivity contribution is 0.272. The summed E-state index contributed by atoms with van der Waals surface area (Å²) in [4.78, 5) is 13.0. The molecule has 3 heterocycles. The zero-order valence-electron chi connectivity index (χ0n) is 16.4. The summed E-state index contributed by atoms with van der Waals surface area (Å²) in [5.41, 5.74) is 3.10. The fourth-order valence-corrected chi connectivity index (χ4v) is 4.57. The van der Waals surface area contributed by atoms with Gasteiger partial charge in [-0.15, -0.1) is 0 Å². The molecule has 2 unspecified atom stereocenters. The lowest BCUT2D eigenvalue weighted by Gasteiger charge is -2.32. The molecule has 2 aliphatic rings. The van der Waals surface area contributed by atoms with E-state index in [2.05, 4.69) is 47.6 Å². The van der Waals surface area contributed by atoms with Crippen molar-refractivity contribution in [1.29, 1.82) is 0 Å². The van der Waals surface area contributed by atoms with Crippen molar-refractivity contribution in [1.82, 2.24) is 19.8 Å². The van der Waals surface area contributed by atoms with E-state index in [0.717, 1.165) is 68.3 Å². The van der Waals surface area contributed by atoms with Crippen LogP contribution in [0.2, 0.25) is 0 Å². The third-order valence-corrected chi connectivity index (χ3v) is 6.17. The molecule has 5 heteroatoms. The van der Waals surface area contributed by atoms with Gasteiger partial charge in [0.1, 0.15) is 0 Å². The van der Waals surface area contributed by atoms with Crippen molar-refractivity contribution in [3.8, 4) is 11.8 Å². The Kier molecular flexibility index (Phi) is 5.38. The van der Waals surface area contributed by atoms with E-state index in [1.807, 2.05) is 11.6 Å². The normalized spacial score (nSPS) is 23.9. The van der Waals surface area contributed by atoms with Crippen LogP contribution in [0.3, 0.4) is 0 Å². The van der Waals surface area contributed by atoms with E-state index in [-0.39, 0.29) is 11.7 Å². The van der Waals surface area contributed by atoms with E-state index in [0.29, 0.717) is 12.0 Å². The molecule has 0 saturated carbocycles. The van der Waals surface area contributed by atoms with E-state index in [1.165, 1.54) is 0 Å². The fraction of sp³-hybridized carbons (Fsp3) is 0.591. The third kappa shape index (κ3) is 3.56. The highest BCUT2D eigenvalue weighted by Gasteiger charge is 2.28. The predicted molar refractivity (Wildman–Crippen MR) is 110 cm³/mol. The molecular weight excluding hydrogens is 336 g/mol. The zero-order chi connectivity index (χ0) is 18.8. The van der Waals surface area contributed by atoms with Crippen molar-refractivity contribution < 1.29 is 0 Å². The van der Waals surface area contributed by atoms with Gasteiger partial charge in [-0.25, -0.2) is 4.79 Å². The van der Waals surface area contributed by atoms with Gasteiger partial charge < -0.3 is 10.6 Å². The number of aromatic nitrogens is 2. The van der Waals surface area contributed by atoms with Gasteiger partial charge in [0.05, 0.1) is 17.1 Å². The fourth-order valence-electron chi connectivity index (χ4n) is 4.57. The van der Waals surface area contributed by atoms with Crippen LogP contribution >= 0.6 is 0 Å². The minimum atomic E-state index is 0.0839. The van der Waals surface area contributed by atoms with Crippen LogP contribution in [0.25, 0.3) is 11.0 Å². The Labute approximate surface area is 161 Å². The molecule has 0 radical (unpaired) electrons. The van der Waals surface area contributed by atoms with Gasteiger partial charge in [-0.2, -0.15) is 0 Å². The Morgan fingerprint density at radius 1 is 1.15 bits per heavy atom. The van der Waals surface area contributed by atoms with Crippen LogP contribution in [0.5, 0.6) is 0 Å². The average molecular weight is 367 g/mol. The average Bonchev–Trinajstić information content (AvgIpc) is 2.97. The summed E-state index contributed by atoms with van der Waals surface area (Å²) in [6, 6.07) is 6.83. The smallest absolute Gasteiger partial charge is 0.317 e. The number of hydrogen-bond donors (Lipinski definition) is 2. The lowest BCUT2D eigenvalue weighted by atomic mass is 9.96. The number of piperidine rings is 2. The van der Waals surface area contributed by atoms with E-state index in [9.17, 15) is 4.79 Å². The summed E-state index contributed by atoms with van der Waals surface area (Å²) >= 11 is 0. The molecule has 0 aliphatic carbocycles. The number of fused-ring (bicyclic) bond motifs is 1. The molecule has 0 spiro atoms. The topological polar surface area (TPSA) is 51.0 Å². The van der Waals surface area contributed by atoms with Crippen molar-refractivity contribution in [2.45, 2.75) is 51.1 Å². The maximum atomic E-state index is 13.0. The van der Waals surface area contributed by atoms with Crippen molar-refractivity contribution in [2.75, 3.05) is 19.6 Å². The molecule has 0 bridgehead atoms. The van der Waals surface area contributed by atoms with Gasteiger partial charge in [0.25, 0.3) is 0 Å². The Hall–Kier alpha value is -2.03. The number of imidazole rings is 1. The lowest BCUT2D eigenvalue weighted by Crippen LogP contribution is -2.44. The number of rotatable bonds is 2. The molecular formula is C22H30N4O. The second kappa shape index (κ2) is 7.92. The molecule has 0 amide bonds. The van der Waals surface area contributed by atoms with E-state index < -0.39 is 0 Å². The molecule has 144 valence electrons. The summed E-state index contributed by atoms with van der Waals surface area (Å²) in [6.45, 7) is 5.36. The van der Waals surface area contributed by atoms with Crippen molar-refractivity contribution in [3.05, 3.63) is 34.2 Å². The zero-order valence-corrected chi connectivity index (χ0v) is 16.4. The number of nitrogens with one attached hydrogen (secondary N) is 2. The van der Waals surface area contributed by atoms with Crippen LogP contribution in [0.1, 0.15) is 50.6 Å². The molecule has 2 aromatic rings. The minimum absolute atomic E-state index is 0.0839. The van der Waals surface area contributed by atoms with Crippen LogP contribution < -0.4 is 16.3 Å². The Morgan fingerprint density at radius 3 is 2.74 bits per heavy atom. The number of hydrogen-bond acceptors (Lipinski definition) is 3. The molecule has 2 N–H and O–H groups in total. The van der Waals surface area contributed by atoms with Gasteiger partial charge in [-0.3, -0.25) is 9.13 Å². The second-order valence-electron chi connectivity index (χ2n) is 7.89. The van der Waals surface area contributed by atoms with Gasteiger partial charge >= 0.3 is 5.69 Å². The van der Waals surface area contributed by atoms with Gasteiger partial charge in [0.15, 0.2) is 0 Å². The standard InChI is InChI=1S/C22H30N4O/c1-3-18-19(5-4-12-24-18)26-20-9-8-17(15-21(20)25(2)22(26)27)7-6-16-10-13-23-14-11-16/h8-9,15-16,18-19,23-24H,3-5,10-14H2,1-2H3. The van der Waals surface area contributed by atoms with Crippen LogP contribution in [0.15, 0.2) is 23.0 Å². The van der Waals surface area contributed by atoms with Crippen LogP contribution in [0.4, 0.5) is 0 Å². The molecule has 5 nitrogen and oxygen atoms in total. The number of nitrogens with zero attached hydrogens (tertiary/aromatic N) is 2. The van der Waals surface area contributed by atoms with E-state index >= 15 is 0 Å². The maximum Gasteiger partial charge on any atom is 0.329 e. The van der Waals surface area contributed by atoms with E-state index in [1.54, 1.807) is 4.57 Å². The highest BCUT2D eigenvalue weighted by atomic mass is 16.1. The first-order valence-electron chi connectivity index (χ1n) is 10.4. The summed E-state index contributed by atoms with van der Waals surface area (Å²) in [7, 11) is 1.88. The van der Waals surface area contributed by atoms with Gasteiger partial charge in [-0.05, 0) is 69.9 Å². The van der Waals surface area contributed by atoms with Crippen molar-refractivity contribution >= 4 is 11.0 Å². The Bertz CT molecular complexity index is 923. The largest absolute Gasteiger partial charge is 0.329 e. The van der Waals surface area contributed by atoms with Crippen LogP contribution in [-0.4, -0.2) is 34.8 Å². The molecule has 2 saturated heterocycles. The summed E-state index contributed by atoms with van der Waals surface area (Å²) < 4.78 is 3.80. The first-order valence-corrected chi connectivity index (χ1v) is 10.4. The Morgan fingerprint density at radius 2 is 1.96 bits per heavy atom. The molecule has 1 aromatic carbocycles. The number of benzene rings is 1. The van der Waals surface area contributed by atoms with Crippen LogP contribution in [-0.2, 0) is 7.05 Å². The Balaban J connectivity index is 1.70. The van der Waals surface area contributed by atoms with E-state index in [4.69, 9.17) is 0 Å². The van der Waals surface area contributed by atoms with Gasteiger partial charge in [-0.1, -0.05) is 18.8 Å². The van der Waals surface area contributed by atoms with Gasteiger partial charge in [0, 0.05) is 24.6 Å². The molecule has 1 aromatic heterocycles. The first kappa shape index (κ1) is 18.3.